The Labute approximate surface area is 140 Å². The number of aliphatic hydroxyl groups excluding tert-OH is 1. The lowest BCUT2D eigenvalue weighted by Crippen LogP contribution is -2.41. The van der Waals surface area contributed by atoms with Crippen LogP contribution in [0.1, 0.15) is 37.1 Å². The number of carbonyl (C=O) groups is 1. The van der Waals surface area contributed by atoms with E-state index in [9.17, 15) is 14.3 Å². The number of rotatable bonds is 7. The lowest BCUT2D eigenvalue weighted by atomic mass is 10.0. The Balaban J connectivity index is 2.11. The molecule has 128 valence electrons. The quantitative estimate of drug-likeness (QED) is 0.730. The predicted octanol–water partition coefficient (Wildman–Crippen LogP) is 2.77. The standard InChI is InChI=1S/C18H22FN3O2/c1-2-6-15(23)12-21-18(24)22-17(16-9-3-4-10-20-16)13-7-5-8-14(19)11-13/h3-5,7-11,15,17,23H,2,6,12H2,1H3,(H2,21,22,24). The van der Waals surface area contributed by atoms with Gasteiger partial charge in [0.2, 0.25) is 0 Å². The van der Waals surface area contributed by atoms with Crippen molar-refractivity contribution >= 4 is 6.03 Å². The number of nitrogens with zero attached hydrogens (tertiary/aromatic N) is 1. The van der Waals surface area contributed by atoms with Gasteiger partial charge in [0, 0.05) is 12.7 Å². The van der Waals surface area contributed by atoms with Gasteiger partial charge in [0.15, 0.2) is 0 Å². The van der Waals surface area contributed by atoms with E-state index >= 15 is 0 Å². The first kappa shape index (κ1) is 17.9. The van der Waals surface area contributed by atoms with Crippen LogP contribution < -0.4 is 10.6 Å². The Hall–Kier alpha value is -2.47. The summed E-state index contributed by atoms with van der Waals surface area (Å²) in [5, 5.41) is 15.1. The Morgan fingerprint density at radius 2 is 2.12 bits per heavy atom. The van der Waals surface area contributed by atoms with E-state index in [0.29, 0.717) is 17.7 Å². The van der Waals surface area contributed by atoms with Crippen LogP contribution in [0.15, 0.2) is 48.7 Å². The smallest absolute Gasteiger partial charge is 0.315 e. The molecule has 2 atom stereocenters. The van der Waals surface area contributed by atoms with Crippen LogP contribution in [0.25, 0.3) is 0 Å². The first-order chi connectivity index (χ1) is 11.6. The van der Waals surface area contributed by atoms with Crippen LogP contribution in [0.4, 0.5) is 9.18 Å². The number of benzene rings is 1. The topological polar surface area (TPSA) is 74.2 Å². The number of urea groups is 1. The molecule has 24 heavy (non-hydrogen) atoms. The Morgan fingerprint density at radius 1 is 1.29 bits per heavy atom. The van der Waals surface area contributed by atoms with Crippen molar-refractivity contribution in [3.05, 3.63) is 65.7 Å². The number of amides is 2. The molecular weight excluding hydrogens is 309 g/mol. The zero-order chi connectivity index (χ0) is 17.4. The van der Waals surface area contributed by atoms with Gasteiger partial charge in [0.05, 0.1) is 17.8 Å². The van der Waals surface area contributed by atoms with E-state index in [1.807, 2.05) is 6.92 Å². The number of nitrogens with one attached hydrogen (secondary N) is 2. The number of aliphatic hydroxyl groups is 1. The molecule has 5 nitrogen and oxygen atoms in total. The van der Waals surface area contributed by atoms with Crippen LogP contribution in [0.5, 0.6) is 0 Å². The van der Waals surface area contributed by atoms with Gasteiger partial charge < -0.3 is 15.7 Å². The minimum absolute atomic E-state index is 0.164. The summed E-state index contributed by atoms with van der Waals surface area (Å²) in [7, 11) is 0. The zero-order valence-electron chi connectivity index (χ0n) is 13.6. The summed E-state index contributed by atoms with van der Waals surface area (Å²) < 4.78 is 13.5. The highest BCUT2D eigenvalue weighted by Gasteiger charge is 2.18. The Kier molecular flexibility index (Phi) is 6.69. The van der Waals surface area contributed by atoms with Crippen molar-refractivity contribution in [1.29, 1.82) is 0 Å². The SMILES string of the molecule is CCCC(O)CNC(=O)NC(c1cccc(F)c1)c1ccccn1. The lowest BCUT2D eigenvalue weighted by molar-refractivity contribution is 0.160. The molecule has 0 aliphatic carbocycles. The average molecular weight is 331 g/mol. The van der Waals surface area contributed by atoms with E-state index in [-0.39, 0.29) is 12.4 Å². The molecule has 0 saturated heterocycles. The van der Waals surface area contributed by atoms with Crippen LogP contribution in [-0.4, -0.2) is 28.8 Å². The number of halogens is 1. The summed E-state index contributed by atoms with van der Waals surface area (Å²) in [6, 6.07) is 10.4. The largest absolute Gasteiger partial charge is 0.391 e. The van der Waals surface area contributed by atoms with E-state index < -0.39 is 18.2 Å². The number of hydrogen-bond donors (Lipinski definition) is 3. The van der Waals surface area contributed by atoms with Gasteiger partial charge >= 0.3 is 6.03 Å². The summed E-state index contributed by atoms with van der Waals surface area (Å²) in [4.78, 5) is 16.4. The second kappa shape index (κ2) is 8.98. The molecule has 2 aromatic rings. The summed E-state index contributed by atoms with van der Waals surface area (Å²) in [6.45, 7) is 2.13. The molecule has 0 spiro atoms. The van der Waals surface area contributed by atoms with Gasteiger partial charge in [-0.05, 0) is 36.2 Å². The molecular formula is C18H22FN3O2. The number of carbonyl (C=O) groups excluding carboxylic acids is 1. The van der Waals surface area contributed by atoms with Gasteiger partial charge in [-0.3, -0.25) is 4.98 Å². The van der Waals surface area contributed by atoms with Crippen LogP contribution in [-0.2, 0) is 0 Å². The maximum atomic E-state index is 13.5. The van der Waals surface area contributed by atoms with Crippen LogP contribution >= 0.6 is 0 Å². The molecule has 3 N–H and O–H groups in total. The molecule has 0 aliphatic rings. The predicted molar refractivity (Wildman–Crippen MR) is 89.9 cm³/mol. The van der Waals surface area contributed by atoms with E-state index in [2.05, 4.69) is 15.6 Å². The highest BCUT2D eigenvalue weighted by atomic mass is 19.1. The minimum Gasteiger partial charge on any atom is -0.391 e. The number of aromatic nitrogens is 1. The van der Waals surface area contributed by atoms with Gasteiger partial charge in [-0.15, -0.1) is 0 Å². The third-order valence-electron chi connectivity index (χ3n) is 3.56. The Bertz CT molecular complexity index is 652. The normalized spacial score (nSPS) is 13.1. The molecule has 0 fully saturated rings. The molecule has 0 radical (unpaired) electrons. The molecule has 2 amide bonds. The number of hydrogen-bond acceptors (Lipinski definition) is 3. The fourth-order valence-electron chi connectivity index (χ4n) is 2.39. The first-order valence-electron chi connectivity index (χ1n) is 7.99. The maximum absolute atomic E-state index is 13.5. The van der Waals surface area contributed by atoms with Gasteiger partial charge in [-0.1, -0.05) is 31.5 Å². The van der Waals surface area contributed by atoms with Crippen molar-refractivity contribution < 1.29 is 14.3 Å². The van der Waals surface area contributed by atoms with Gasteiger partial charge in [0.1, 0.15) is 5.82 Å². The third-order valence-corrected chi connectivity index (χ3v) is 3.56. The molecule has 1 aromatic carbocycles. The van der Waals surface area contributed by atoms with Crippen molar-refractivity contribution in [2.75, 3.05) is 6.54 Å². The molecule has 2 rings (SSSR count). The lowest BCUT2D eigenvalue weighted by Gasteiger charge is -2.20. The summed E-state index contributed by atoms with van der Waals surface area (Å²) in [5.41, 5.74) is 1.20. The van der Waals surface area contributed by atoms with Crippen molar-refractivity contribution in [1.82, 2.24) is 15.6 Å². The highest BCUT2D eigenvalue weighted by Crippen LogP contribution is 2.20. The van der Waals surface area contributed by atoms with E-state index in [1.165, 1.54) is 12.1 Å². The second-order valence-corrected chi connectivity index (χ2v) is 5.54. The molecule has 6 heteroatoms. The van der Waals surface area contributed by atoms with Crippen LogP contribution in [0.2, 0.25) is 0 Å². The number of pyridine rings is 1. The highest BCUT2D eigenvalue weighted by molar-refractivity contribution is 5.75. The van der Waals surface area contributed by atoms with E-state index in [4.69, 9.17) is 0 Å². The molecule has 2 unspecified atom stereocenters. The van der Waals surface area contributed by atoms with Gasteiger partial charge in [-0.2, -0.15) is 0 Å². The molecule has 1 heterocycles. The zero-order valence-corrected chi connectivity index (χ0v) is 13.6. The van der Waals surface area contributed by atoms with Crippen LogP contribution in [0.3, 0.4) is 0 Å². The van der Waals surface area contributed by atoms with E-state index in [1.54, 1.807) is 36.5 Å². The van der Waals surface area contributed by atoms with Gasteiger partial charge in [-0.25, -0.2) is 9.18 Å². The Morgan fingerprint density at radius 3 is 2.79 bits per heavy atom. The van der Waals surface area contributed by atoms with Crippen molar-refractivity contribution in [3.8, 4) is 0 Å². The van der Waals surface area contributed by atoms with Crippen LogP contribution in [0, 0.1) is 5.82 Å². The van der Waals surface area contributed by atoms with Crippen molar-refractivity contribution in [2.24, 2.45) is 0 Å². The first-order valence-corrected chi connectivity index (χ1v) is 7.99. The molecule has 0 saturated carbocycles. The summed E-state index contributed by atoms with van der Waals surface area (Å²) in [6.07, 6.45) is 2.49. The van der Waals surface area contributed by atoms with E-state index in [0.717, 1.165) is 6.42 Å². The fourth-order valence-corrected chi connectivity index (χ4v) is 2.39. The third kappa shape index (κ3) is 5.31. The summed E-state index contributed by atoms with van der Waals surface area (Å²) >= 11 is 0. The van der Waals surface area contributed by atoms with Gasteiger partial charge in [0.25, 0.3) is 0 Å². The second-order valence-electron chi connectivity index (χ2n) is 5.54. The maximum Gasteiger partial charge on any atom is 0.315 e. The van der Waals surface area contributed by atoms with Crippen molar-refractivity contribution in [3.63, 3.8) is 0 Å². The van der Waals surface area contributed by atoms with Crippen molar-refractivity contribution in [2.45, 2.75) is 31.9 Å². The average Bonchev–Trinajstić information content (AvgIpc) is 2.59. The monoisotopic (exact) mass is 331 g/mol. The summed E-state index contributed by atoms with van der Waals surface area (Å²) in [5.74, 6) is -0.381. The molecule has 0 bridgehead atoms. The minimum atomic E-state index is -0.580. The molecule has 1 aromatic heterocycles. The molecule has 0 aliphatic heterocycles. The fraction of sp³-hybridized carbons (Fsp3) is 0.333.